The molecule has 0 bridgehead atoms. The molecule has 0 N–H and O–H groups in total. The number of allylic oxidation sites excluding steroid dienone is 6. The van der Waals surface area contributed by atoms with E-state index >= 15 is 0 Å². The molecule has 0 saturated heterocycles. The molecule has 0 saturated carbocycles. The molecule has 0 rings (SSSR count). The fourth-order valence-electron chi connectivity index (χ4n) is 11.1. The molecule has 0 aromatic rings. The number of rotatable bonds is 68. The van der Waals surface area contributed by atoms with Gasteiger partial charge in [0, 0.05) is 19.3 Å². The summed E-state index contributed by atoms with van der Waals surface area (Å²) in [7, 11) is 0. The van der Waals surface area contributed by atoms with Gasteiger partial charge in [0.2, 0.25) is 0 Å². The highest BCUT2D eigenvalue weighted by atomic mass is 16.6. The van der Waals surface area contributed by atoms with Gasteiger partial charge in [-0.05, 0) is 77.0 Å². The van der Waals surface area contributed by atoms with Crippen molar-refractivity contribution >= 4 is 17.9 Å². The zero-order chi connectivity index (χ0) is 58.5. The van der Waals surface area contributed by atoms with Gasteiger partial charge in [-0.3, -0.25) is 14.4 Å². The third-order valence-corrected chi connectivity index (χ3v) is 16.6. The zero-order valence-corrected chi connectivity index (χ0v) is 54.8. The normalized spacial score (nSPS) is 12.2. The summed E-state index contributed by atoms with van der Waals surface area (Å²) in [6, 6.07) is 0. The Labute approximate surface area is 506 Å². The van der Waals surface area contributed by atoms with Crippen LogP contribution in [-0.2, 0) is 28.6 Å². The molecule has 0 aromatic carbocycles. The minimum absolute atomic E-state index is 0.0665. The van der Waals surface area contributed by atoms with E-state index in [0.717, 1.165) is 64.2 Å². The Kier molecular flexibility index (Phi) is 68.1. The highest BCUT2D eigenvalue weighted by Gasteiger charge is 2.19. The predicted molar refractivity (Wildman–Crippen MR) is 353 cm³/mol. The Hall–Kier alpha value is -2.37. The van der Waals surface area contributed by atoms with E-state index in [1.54, 1.807) is 0 Å². The highest BCUT2D eigenvalue weighted by molar-refractivity contribution is 5.71. The van der Waals surface area contributed by atoms with Crippen molar-refractivity contribution in [2.75, 3.05) is 13.2 Å². The lowest BCUT2D eigenvalue weighted by atomic mass is 10.0. The summed E-state index contributed by atoms with van der Waals surface area (Å²) >= 11 is 0. The van der Waals surface area contributed by atoms with E-state index in [4.69, 9.17) is 14.2 Å². The molecule has 0 aliphatic carbocycles. The second-order valence-electron chi connectivity index (χ2n) is 24.9. The van der Waals surface area contributed by atoms with E-state index in [9.17, 15) is 14.4 Å². The van der Waals surface area contributed by atoms with Crippen LogP contribution in [0.5, 0.6) is 0 Å². The first-order chi connectivity index (χ1) is 40.0. The third-order valence-electron chi connectivity index (χ3n) is 16.6. The van der Waals surface area contributed by atoms with E-state index in [0.29, 0.717) is 19.3 Å². The molecule has 0 amide bonds. The lowest BCUT2D eigenvalue weighted by Crippen LogP contribution is -2.30. The lowest BCUT2D eigenvalue weighted by Gasteiger charge is -2.18. The Bertz CT molecular complexity index is 1350. The minimum Gasteiger partial charge on any atom is -0.462 e. The number of hydrogen-bond acceptors (Lipinski definition) is 6. The smallest absolute Gasteiger partial charge is 0.306 e. The quantitative estimate of drug-likeness (QED) is 0.0261. The van der Waals surface area contributed by atoms with Crippen molar-refractivity contribution in [2.45, 2.75) is 412 Å². The Balaban J connectivity index is 4.00. The molecular weight excluding hydrogens is 997 g/mol. The van der Waals surface area contributed by atoms with Gasteiger partial charge in [-0.2, -0.15) is 0 Å². The lowest BCUT2D eigenvalue weighted by molar-refractivity contribution is -0.167. The fraction of sp³-hybridized carbons (Fsp3) is 0.880. The van der Waals surface area contributed by atoms with Crippen molar-refractivity contribution < 1.29 is 28.6 Å². The Morgan fingerprint density at radius 3 is 0.691 bits per heavy atom. The fourth-order valence-corrected chi connectivity index (χ4v) is 11.1. The number of ether oxygens (including phenoxy) is 3. The van der Waals surface area contributed by atoms with E-state index in [1.807, 2.05) is 0 Å². The second-order valence-corrected chi connectivity index (χ2v) is 24.9. The molecule has 81 heavy (non-hydrogen) atoms. The topological polar surface area (TPSA) is 78.9 Å². The molecule has 476 valence electrons. The monoisotopic (exact) mass is 1140 g/mol. The third kappa shape index (κ3) is 68.3. The van der Waals surface area contributed by atoms with Crippen LogP contribution in [0.15, 0.2) is 36.5 Å². The van der Waals surface area contributed by atoms with Crippen molar-refractivity contribution in [3.05, 3.63) is 36.5 Å². The SMILES string of the molecule is CCCCCCC/C=C\C/C=C\CCCCCCCCCCCCCCCCCCCCCCCCCC(=O)OCC(COC(=O)CCCCCCCCCCC)OC(=O)CCCCCCCCCCC/C=C\CCCCCCCC. The van der Waals surface area contributed by atoms with Crippen molar-refractivity contribution in [3.8, 4) is 0 Å². The van der Waals surface area contributed by atoms with Gasteiger partial charge in [-0.15, -0.1) is 0 Å². The minimum atomic E-state index is -0.768. The molecule has 6 nitrogen and oxygen atoms in total. The van der Waals surface area contributed by atoms with E-state index in [1.165, 1.54) is 302 Å². The Morgan fingerprint density at radius 2 is 0.444 bits per heavy atom. The molecular formula is C75H140O6. The first-order valence-corrected chi connectivity index (χ1v) is 36.5. The molecule has 0 fully saturated rings. The summed E-state index contributed by atoms with van der Waals surface area (Å²) in [5, 5.41) is 0. The van der Waals surface area contributed by atoms with Crippen LogP contribution in [0.4, 0.5) is 0 Å². The molecule has 6 heteroatoms. The largest absolute Gasteiger partial charge is 0.462 e. The van der Waals surface area contributed by atoms with Crippen LogP contribution < -0.4 is 0 Å². The molecule has 0 spiro atoms. The summed E-state index contributed by atoms with van der Waals surface area (Å²) in [6.07, 6.45) is 87.8. The van der Waals surface area contributed by atoms with Crippen molar-refractivity contribution in [1.82, 2.24) is 0 Å². The van der Waals surface area contributed by atoms with Crippen LogP contribution in [0.2, 0.25) is 0 Å². The maximum atomic E-state index is 12.9. The number of carbonyl (C=O) groups is 3. The van der Waals surface area contributed by atoms with Gasteiger partial charge in [0.15, 0.2) is 6.10 Å². The molecule has 0 aromatic heterocycles. The zero-order valence-electron chi connectivity index (χ0n) is 54.8. The summed E-state index contributed by atoms with van der Waals surface area (Å²) < 4.78 is 16.9. The van der Waals surface area contributed by atoms with E-state index in [-0.39, 0.29) is 31.1 Å². The van der Waals surface area contributed by atoms with Crippen LogP contribution in [-0.4, -0.2) is 37.2 Å². The first-order valence-electron chi connectivity index (χ1n) is 36.5. The van der Waals surface area contributed by atoms with Crippen LogP contribution >= 0.6 is 0 Å². The maximum Gasteiger partial charge on any atom is 0.306 e. The molecule has 0 heterocycles. The van der Waals surface area contributed by atoms with Crippen LogP contribution in [0.3, 0.4) is 0 Å². The van der Waals surface area contributed by atoms with Gasteiger partial charge in [0.25, 0.3) is 0 Å². The highest BCUT2D eigenvalue weighted by Crippen LogP contribution is 2.19. The standard InChI is InChI=1S/C75H140O6/c1-4-7-10-13-16-19-21-23-25-27-29-30-31-32-33-34-35-36-37-38-39-40-41-42-43-44-46-47-49-51-53-56-59-62-65-68-74(77)80-71-72(70-79-73(76)67-64-61-58-55-18-15-12-9-6-3)81-75(78)69-66-63-60-57-54-52-50-48-45-28-26-24-22-20-17-14-11-8-5-2/h21,23-24,26-27,29,72H,4-20,22,25,28,30-71H2,1-3H3/b23-21-,26-24-,29-27-. The van der Waals surface area contributed by atoms with Crippen LogP contribution in [0.25, 0.3) is 0 Å². The summed E-state index contributed by atoms with van der Waals surface area (Å²) in [5.41, 5.74) is 0. The Morgan fingerprint density at radius 1 is 0.247 bits per heavy atom. The van der Waals surface area contributed by atoms with Crippen LogP contribution in [0, 0.1) is 0 Å². The molecule has 1 unspecified atom stereocenters. The second kappa shape index (κ2) is 70.1. The summed E-state index contributed by atoms with van der Waals surface area (Å²) in [5.74, 6) is -0.844. The van der Waals surface area contributed by atoms with Gasteiger partial charge in [0.05, 0.1) is 0 Å². The molecule has 1 atom stereocenters. The number of hydrogen-bond donors (Lipinski definition) is 0. The summed E-state index contributed by atoms with van der Waals surface area (Å²) in [4.78, 5) is 38.3. The molecule has 0 radical (unpaired) electrons. The van der Waals surface area contributed by atoms with E-state index in [2.05, 4.69) is 57.2 Å². The van der Waals surface area contributed by atoms with Gasteiger partial charge in [-0.25, -0.2) is 0 Å². The van der Waals surface area contributed by atoms with Gasteiger partial charge >= 0.3 is 17.9 Å². The summed E-state index contributed by atoms with van der Waals surface area (Å²) in [6.45, 7) is 6.67. The number of esters is 3. The predicted octanol–water partition coefficient (Wildman–Crippen LogP) is 25.1. The van der Waals surface area contributed by atoms with Gasteiger partial charge in [-0.1, -0.05) is 346 Å². The average Bonchev–Trinajstić information content (AvgIpc) is 3.47. The maximum absolute atomic E-state index is 12.9. The first kappa shape index (κ1) is 78.6. The average molecular weight is 1140 g/mol. The molecule has 0 aliphatic heterocycles. The van der Waals surface area contributed by atoms with Crippen molar-refractivity contribution in [2.24, 2.45) is 0 Å². The number of carbonyl (C=O) groups excluding carboxylic acids is 3. The van der Waals surface area contributed by atoms with Crippen molar-refractivity contribution in [1.29, 1.82) is 0 Å². The van der Waals surface area contributed by atoms with Gasteiger partial charge < -0.3 is 14.2 Å². The van der Waals surface area contributed by atoms with Gasteiger partial charge in [0.1, 0.15) is 13.2 Å². The van der Waals surface area contributed by atoms with Crippen molar-refractivity contribution in [3.63, 3.8) is 0 Å². The van der Waals surface area contributed by atoms with E-state index < -0.39 is 6.10 Å². The number of unbranched alkanes of at least 4 members (excludes halogenated alkanes) is 51. The van der Waals surface area contributed by atoms with Crippen LogP contribution in [0.1, 0.15) is 406 Å². The molecule has 0 aliphatic rings.